The third-order valence-electron chi connectivity index (χ3n) is 3.49. The summed E-state index contributed by atoms with van der Waals surface area (Å²) in [5, 5.41) is 5.82. The summed E-state index contributed by atoms with van der Waals surface area (Å²) in [7, 11) is 0. The Balaban J connectivity index is 2.00. The highest BCUT2D eigenvalue weighted by molar-refractivity contribution is 7.10. The third-order valence-corrected chi connectivity index (χ3v) is 4.69. The summed E-state index contributed by atoms with van der Waals surface area (Å²) in [5.74, 6) is 0.936. The number of ether oxygens (including phenoxy) is 1. The SMILES string of the molecule is CCOc1ccc(C(C)NC(C)c2sccc2C)cc1. The minimum Gasteiger partial charge on any atom is -0.494 e. The quantitative estimate of drug-likeness (QED) is 0.819. The van der Waals surface area contributed by atoms with E-state index < -0.39 is 0 Å². The van der Waals surface area contributed by atoms with Gasteiger partial charge < -0.3 is 10.1 Å². The van der Waals surface area contributed by atoms with Gasteiger partial charge in [0.25, 0.3) is 0 Å². The molecule has 0 bridgehead atoms. The van der Waals surface area contributed by atoms with Crippen LogP contribution in [0.1, 0.15) is 48.9 Å². The van der Waals surface area contributed by atoms with Gasteiger partial charge in [-0.05, 0) is 62.4 Å². The molecule has 0 saturated heterocycles. The predicted molar refractivity (Wildman–Crippen MR) is 86.6 cm³/mol. The van der Waals surface area contributed by atoms with Gasteiger partial charge in [0.1, 0.15) is 5.75 Å². The molecular formula is C17H23NOS. The van der Waals surface area contributed by atoms with Gasteiger partial charge >= 0.3 is 0 Å². The van der Waals surface area contributed by atoms with Gasteiger partial charge in [0.15, 0.2) is 0 Å². The van der Waals surface area contributed by atoms with Crippen LogP contribution < -0.4 is 10.1 Å². The van der Waals surface area contributed by atoms with E-state index in [-0.39, 0.29) is 0 Å². The van der Waals surface area contributed by atoms with Gasteiger partial charge in [-0.25, -0.2) is 0 Å². The Bertz CT molecular complexity index is 532. The highest BCUT2D eigenvalue weighted by Crippen LogP contribution is 2.26. The highest BCUT2D eigenvalue weighted by Gasteiger charge is 2.13. The summed E-state index contributed by atoms with van der Waals surface area (Å²) in [6.45, 7) is 9.32. The summed E-state index contributed by atoms with van der Waals surface area (Å²) in [6.07, 6.45) is 0. The van der Waals surface area contributed by atoms with Gasteiger partial charge in [-0.15, -0.1) is 11.3 Å². The minimum atomic E-state index is 0.321. The van der Waals surface area contributed by atoms with E-state index in [9.17, 15) is 0 Å². The van der Waals surface area contributed by atoms with Crippen LogP contribution in [0.25, 0.3) is 0 Å². The lowest BCUT2D eigenvalue weighted by Gasteiger charge is -2.20. The fourth-order valence-corrected chi connectivity index (χ4v) is 3.34. The van der Waals surface area contributed by atoms with Gasteiger partial charge in [-0.1, -0.05) is 12.1 Å². The van der Waals surface area contributed by atoms with Crippen LogP contribution in [0.15, 0.2) is 35.7 Å². The van der Waals surface area contributed by atoms with Crippen molar-refractivity contribution in [2.75, 3.05) is 6.61 Å². The highest BCUT2D eigenvalue weighted by atomic mass is 32.1. The Morgan fingerprint density at radius 1 is 1.10 bits per heavy atom. The van der Waals surface area contributed by atoms with E-state index in [0.29, 0.717) is 18.7 Å². The van der Waals surface area contributed by atoms with Crippen molar-refractivity contribution in [1.29, 1.82) is 0 Å². The summed E-state index contributed by atoms with van der Waals surface area (Å²) in [4.78, 5) is 1.42. The lowest BCUT2D eigenvalue weighted by molar-refractivity contribution is 0.340. The second-order valence-electron chi connectivity index (χ2n) is 5.08. The topological polar surface area (TPSA) is 21.3 Å². The molecule has 0 radical (unpaired) electrons. The molecule has 0 aliphatic carbocycles. The Morgan fingerprint density at radius 2 is 1.80 bits per heavy atom. The third kappa shape index (κ3) is 3.62. The van der Waals surface area contributed by atoms with E-state index in [1.165, 1.54) is 16.0 Å². The van der Waals surface area contributed by atoms with Crippen LogP contribution >= 0.6 is 11.3 Å². The summed E-state index contributed by atoms with van der Waals surface area (Å²) >= 11 is 1.82. The predicted octanol–water partition coefficient (Wildman–Crippen LogP) is 4.87. The molecule has 108 valence electrons. The maximum atomic E-state index is 5.48. The second kappa shape index (κ2) is 6.91. The van der Waals surface area contributed by atoms with Crippen LogP contribution in [0.4, 0.5) is 0 Å². The molecule has 0 spiro atoms. The molecular weight excluding hydrogens is 266 g/mol. The monoisotopic (exact) mass is 289 g/mol. The van der Waals surface area contributed by atoms with Crippen molar-refractivity contribution in [2.24, 2.45) is 0 Å². The van der Waals surface area contributed by atoms with E-state index in [1.807, 2.05) is 30.4 Å². The van der Waals surface area contributed by atoms with Crippen molar-refractivity contribution in [3.63, 3.8) is 0 Å². The maximum Gasteiger partial charge on any atom is 0.119 e. The van der Waals surface area contributed by atoms with Crippen LogP contribution in [-0.4, -0.2) is 6.61 Å². The van der Waals surface area contributed by atoms with Crippen LogP contribution in [0.2, 0.25) is 0 Å². The molecule has 0 amide bonds. The molecule has 1 aromatic heterocycles. The maximum absolute atomic E-state index is 5.48. The van der Waals surface area contributed by atoms with E-state index in [0.717, 1.165) is 5.75 Å². The molecule has 0 aliphatic rings. The first-order valence-electron chi connectivity index (χ1n) is 7.14. The van der Waals surface area contributed by atoms with Crippen molar-refractivity contribution >= 4 is 11.3 Å². The first-order chi connectivity index (χ1) is 9.61. The van der Waals surface area contributed by atoms with Gasteiger partial charge in [0.05, 0.1) is 6.61 Å². The number of hydrogen-bond acceptors (Lipinski definition) is 3. The molecule has 0 aliphatic heterocycles. The summed E-state index contributed by atoms with van der Waals surface area (Å²) in [6, 6.07) is 11.2. The fraction of sp³-hybridized carbons (Fsp3) is 0.412. The number of rotatable bonds is 6. The van der Waals surface area contributed by atoms with Crippen molar-refractivity contribution in [3.8, 4) is 5.75 Å². The van der Waals surface area contributed by atoms with Crippen LogP contribution in [0.5, 0.6) is 5.75 Å². The molecule has 0 saturated carbocycles. The number of thiophene rings is 1. The fourth-order valence-electron chi connectivity index (χ4n) is 2.39. The van der Waals surface area contributed by atoms with E-state index in [2.05, 4.69) is 49.7 Å². The van der Waals surface area contributed by atoms with Crippen LogP contribution in [0.3, 0.4) is 0 Å². The molecule has 2 aromatic rings. The number of benzene rings is 1. The first kappa shape index (κ1) is 15.1. The lowest BCUT2D eigenvalue weighted by Crippen LogP contribution is -2.22. The molecule has 1 N–H and O–H groups in total. The molecule has 2 atom stereocenters. The minimum absolute atomic E-state index is 0.321. The van der Waals surface area contributed by atoms with Crippen molar-refractivity contribution in [1.82, 2.24) is 5.32 Å². The van der Waals surface area contributed by atoms with Gasteiger partial charge in [-0.3, -0.25) is 0 Å². The summed E-state index contributed by atoms with van der Waals surface area (Å²) in [5.41, 5.74) is 2.66. The van der Waals surface area contributed by atoms with Gasteiger partial charge in [-0.2, -0.15) is 0 Å². The van der Waals surface area contributed by atoms with E-state index in [4.69, 9.17) is 4.74 Å². The normalized spacial score (nSPS) is 14.0. The average molecular weight is 289 g/mol. The standard InChI is InChI=1S/C17H23NOS/c1-5-19-16-8-6-15(7-9-16)13(3)18-14(4)17-12(2)10-11-20-17/h6-11,13-14,18H,5H2,1-4H3. The number of hydrogen-bond donors (Lipinski definition) is 1. The Labute approximate surface area is 125 Å². The smallest absolute Gasteiger partial charge is 0.119 e. The molecule has 3 heteroatoms. The Morgan fingerprint density at radius 3 is 2.35 bits per heavy atom. The molecule has 2 nitrogen and oxygen atoms in total. The molecule has 20 heavy (non-hydrogen) atoms. The molecule has 2 unspecified atom stereocenters. The van der Waals surface area contributed by atoms with Crippen LogP contribution in [-0.2, 0) is 0 Å². The zero-order valence-electron chi connectivity index (χ0n) is 12.6. The summed E-state index contributed by atoms with van der Waals surface area (Å²) < 4.78 is 5.48. The number of nitrogens with one attached hydrogen (secondary N) is 1. The van der Waals surface area contributed by atoms with E-state index >= 15 is 0 Å². The molecule has 0 fully saturated rings. The molecule has 2 rings (SSSR count). The second-order valence-corrected chi connectivity index (χ2v) is 6.03. The van der Waals surface area contributed by atoms with Crippen molar-refractivity contribution < 1.29 is 4.74 Å². The zero-order chi connectivity index (χ0) is 14.5. The molecule has 1 aromatic carbocycles. The number of aryl methyl sites for hydroxylation is 1. The molecule has 1 heterocycles. The largest absolute Gasteiger partial charge is 0.494 e. The van der Waals surface area contributed by atoms with Crippen molar-refractivity contribution in [3.05, 3.63) is 51.7 Å². The van der Waals surface area contributed by atoms with Crippen LogP contribution in [0, 0.1) is 6.92 Å². The average Bonchev–Trinajstić information content (AvgIpc) is 2.86. The zero-order valence-corrected chi connectivity index (χ0v) is 13.5. The van der Waals surface area contributed by atoms with E-state index in [1.54, 1.807) is 0 Å². The first-order valence-corrected chi connectivity index (χ1v) is 8.02. The lowest BCUT2D eigenvalue weighted by atomic mass is 10.1. The Kier molecular flexibility index (Phi) is 5.21. The van der Waals surface area contributed by atoms with Gasteiger partial charge in [0.2, 0.25) is 0 Å². The van der Waals surface area contributed by atoms with Gasteiger partial charge in [0, 0.05) is 17.0 Å². The Hall–Kier alpha value is -1.32. The van der Waals surface area contributed by atoms with Crippen molar-refractivity contribution in [2.45, 2.75) is 39.8 Å².